The lowest BCUT2D eigenvalue weighted by molar-refractivity contribution is 0.637. The molecule has 224 valence electrons. The summed E-state index contributed by atoms with van der Waals surface area (Å²) in [5.74, 6) is 0.896. The van der Waals surface area contributed by atoms with Crippen molar-refractivity contribution in [1.82, 2.24) is 4.98 Å². The van der Waals surface area contributed by atoms with Crippen LogP contribution < -0.4 is 9.80 Å². The molecule has 0 unspecified atom stereocenters. The third kappa shape index (κ3) is 6.39. The van der Waals surface area contributed by atoms with Gasteiger partial charge in [-0.25, -0.2) is 4.98 Å². The summed E-state index contributed by atoms with van der Waals surface area (Å²) in [5.41, 5.74) is 12.7. The van der Waals surface area contributed by atoms with E-state index in [1.54, 1.807) is 0 Å². The van der Waals surface area contributed by atoms with Crippen LogP contribution in [0.1, 0.15) is 47.2 Å². The van der Waals surface area contributed by atoms with Gasteiger partial charge in [0.05, 0.1) is 0 Å². The fourth-order valence-corrected chi connectivity index (χ4v) is 6.01. The number of anilines is 6. The number of benzene rings is 5. The zero-order valence-electron chi connectivity index (χ0n) is 27.1. The molecule has 3 nitrogen and oxygen atoms in total. The Morgan fingerprint density at radius 2 is 0.822 bits per heavy atom. The average Bonchev–Trinajstić information content (AvgIpc) is 3.02. The maximum Gasteiger partial charge on any atom is 0.137 e. The van der Waals surface area contributed by atoms with Crippen molar-refractivity contribution in [3.8, 4) is 0 Å². The SMILES string of the molecule is Cc1cccc(N(c2ccc(C(C)(C)c3ccc(N(c4cccc(C)c4)c4cccc(C)c4)nc3)cc2)c2cccc(C)c2)c1. The molecule has 6 aromatic rings. The first-order valence-electron chi connectivity index (χ1n) is 15.6. The summed E-state index contributed by atoms with van der Waals surface area (Å²) in [6, 6.07) is 47.9. The summed E-state index contributed by atoms with van der Waals surface area (Å²) < 4.78 is 0. The van der Waals surface area contributed by atoms with E-state index in [2.05, 4.69) is 185 Å². The van der Waals surface area contributed by atoms with Crippen molar-refractivity contribution in [2.45, 2.75) is 47.0 Å². The minimum absolute atomic E-state index is 0.237. The summed E-state index contributed by atoms with van der Waals surface area (Å²) in [6.07, 6.45) is 2.04. The van der Waals surface area contributed by atoms with E-state index in [0.29, 0.717) is 0 Å². The smallest absolute Gasteiger partial charge is 0.137 e. The number of pyridine rings is 1. The molecule has 0 bridgehead atoms. The molecule has 0 aliphatic carbocycles. The van der Waals surface area contributed by atoms with Crippen LogP contribution in [-0.4, -0.2) is 4.98 Å². The molecule has 1 heterocycles. The van der Waals surface area contributed by atoms with Crippen LogP contribution in [0.3, 0.4) is 0 Å². The third-order valence-electron chi connectivity index (χ3n) is 8.59. The lowest BCUT2D eigenvalue weighted by atomic mass is 9.79. The van der Waals surface area contributed by atoms with Crippen molar-refractivity contribution in [3.05, 3.63) is 173 Å². The van der Waals surface area contributed by atoms with Crippen LogP contribution in [0.4, 0.5) is 34.3 Å². The molecule has 0 fully saturated rings. The normalized spacial score (nSPS) is 11.3. The Morgan fingerprint density at radius 3 is 1.20 bits per heavy atom. The van der Waals surface area contributed by atoms with Crippen LogP contribution in [0.2, 0.25) is 0 Å². The van der Waals surface area contributed by atoms with Crippen molar-refractivity contribution in [2.24, 2.45) is 0 Å². The van der Waals surface area contributed by atoms with E-state index in [0.717, 1.165) is 34.3 Å². The molecule has 0 aliphatic heterocycles. The molecule has 0 saturated carbocycles. The molecule has 45 heavy (non-hydrogen) atoms. The summed E-state index contributed by atoms with van der Waals surface area (Å²) in [7, 11) is 0. The topological polar surface area (TPSA) is 19.4 Å². The van der Waals surface area contributed by atoms with Gasteiger partial charge in [-0.05, 0) is 128 Å². The van der Waals surface area contributed by atoms with Gasteiger partial charge in [0.2, 0.25) is 0 Å². The van der Waals surface area contributed by atoms with Gasteiger partial charge in [0.15, 0.2) is 0 Å². The third-order valence-corrected chi connectivity index (χ3v) is 8.59. The quantitative estimate of drug-likeness (QED) is 0.177. The van der Waals surface area contributed by atoms with E-state index in [1.165, 1.54) is 33.4 Å². The Kier molecular flexibility index (Phi) is 8.28. The zero-order valence-corrected chi connectivity index (χ0v) is 27.1. The number of aromatic nitrogens is 1. The molecule has 0 aliphatic rings. The second-order valence-corrected chi connectivity index (χ2v) is 12.6. The van der Waals surface area contributed by atoms with E-state index in [1.807, 2.05) is 6.20 Å². The summed E-state index contributed by atoms with van der Waals surface area (Å²) in [6.45, 7) is 13.1. The van der Waals surface area contributed by atoms with Gasteiger partial charge in [0.1, 0.15) is 5.82 Å². The summed E-state index contributed by atoms with van der Waals surface area (Å²) in [5, 5.41) is 0. The minimum Gasteiger partial charge on any atom is -0.310 e. The Hall–Kier alpha value is -5.15. The van der Waals surface area contributed by atoms with E-state index < -0.39 is 0 Å². The molecule has 0 radical (unpaired) electrons. The Morgan fingerprint density at radius 1 is 0.422 bits per heavy atom. The zero-order chi connectivity index (χ0) is 31.6. The van der Waals surface area contributed by atoms with Crippen molar-refractivity contribution in [2.75, 3.05) is 9.80 Å². The predicted octanol–water partition coefficient (Wildman–Crippen LogP) is 11.6. The lowest BCUT2D eigenvalue weighted by Crippen LogP contribution is -2.20. The van der Waals surface area contributed by atoms with Crippen LogP contribution >= 0.6 is 0 Å². The average molecular weight is 588 g/mol. The highest BCUT2D eigenvalue weighted by Crippen LogP contribution is 2.39. The standard InChI is InChI=1S/C42H41N3/c1-30-11-7-15-37(25-30)44(38-16-8-12-31(2)26-38)36-22-19-34(20-23-36)42(5,6)35-21-24-41(43-29-35)45(39-17-9-13-32(3)27-39)40-18-10-14-33(4)28-40/h7-29H,1-6H3. The first kappa shape index (κ1) is 29.9. The molecular weight excluding hydrogens is 546 g/mol. The van der Waals surface area contributed by atoms with Crippen LogP contribution in [0.15, 0.2) is 140 Å². The molecule has 5 aromatic carbocycles. The molecule has 1 aromatic heterocycles. The number of hydrogen-bond donors (Lipinski definition) is 0. The molecule has 0 amide bonds. The fraction of sp³-hybridized carbons (Fsp3) is 0.167. The van der Waals surface area contributed by atoms with Gasteiger partial charge in [-0.1, -0.05) is 80.6 Å². The van der Waals surface area contributed by atoms with Gasteiger partial charge in [0.25, 0.3) is 0 Å². The number of rotatable bonds is 8. The van der Waals surface area contributed by atoms with Crippen molar-refractivity contribution < 1.29 is 0 Å². The van der Waals surface area contributed by atoms with Crippen LogP contribution in [0, 0.1) is 27.7 Å². The summed E-state index contributed by atoms with van der Waals surface area (Å²) in [4.78, 5) is 9.61. The van der Waals surface area contributed by atoms with Gasteiger partial charge in [-0.15, -0.1) is 0 Å². The second kappa shape index (κ2) is 12.5. The van der Waals surface area contributed by atoms with Gasteiger partial charge >= 0.3 is 0 Å². The van der Waals surface area contributed by atoms with Crippen molar-refractivity contribution in [1.29, 1.82) is 0 Å². The highest BCUT2D eigenvalue weighted by atomic mass is 15.2. The van der Waals surface area contributed by atoms with Gasteiger partial charge < -0.3 is 4.90 Å². The molecule has 6 rings (SSSR count). The molecule has 3 heteroatoms. The first-order valence-corrected chi connectivity index (χ1v) is 15.6. The largest absolute Gasteiger partial charge is 0.310 e. The van der Waals surface area contributed by atoms with E-state index >= 15 is 0 Å². The Labute approximate surface area is 268 Å². The highest BCUT2D eigenvalue weighted by Gasteiger charge is 2.25. The molecular formula is C42H41N3. The Balaban J connectivity index is 1.33. The number of hydrogen-bond acceptors (Lipinski definition) is 3. The van der Waals surface area contributed by atoms with Crippen LogP contribution in [-0.2, 0) is 5.41 Å². The number of nitrogens with zero attached hydrogens (tertiary/aromatic N) is 3. The minimum atomic E-state index is -0.237. The number of aryl methyl sites for hydroxylation is 4. The van der Waals surface area contributed by atoms with Gasteiger partial charge in [-0.2, -0.15) is 0 Å². The van der Waals surface area contributed by atoms with E-state index in [9.17, 15) is 0 Å². The maximum absolute atomic E-state index is 5.04. The molecule has 0 spiro atoms. The van der Waals surface area contributed by atoms with Crippen molar-refractivity contribution in [3.63, 3.8) is 0 Å². The molecule has 0 atom stereocenters. The van der Waals surface area contributed by atoms with Crippen molar-refractivity contribution >= 4 is 34.3 Å². The van der Waals surface area contributed by atoms with Crippen LogP contribution in [0.25, 0.3) is 0 Å². The van der Waals surface area contributed by atoms with Crippen LogP contribution in [0.5, 0.6) is 0 Å². The first-order chi connectivity index (χ1) is 21.7. The maximum atomic E-state index is 5.04. The molecule has 0 saturated heterocycles. The summed E-state index contributed by atoms with van der Waals surface area (Å²) >= 11 is 0. The van der Waals surface area contributed by atoms with Gasteiger partial charge in [0, 0.05) is 40.0 Å². The predicted molar refractivity (Wildman–Crippen MR) is 191 cm³/mol. The molecule has 0 N–H and O–H groups in total. The monoisotopic (exact) mass is 587 g/mol. The van der Waals surface area contributed by atoms with E-state index in [-0.39, 0.29) is 5.41 Å². The lowest BCUT2D eigenvalue weighted by Gasteiger charge is -2.30. The van der Waals surface area contributed by atoms with Gasteiger partial charge in [-0.3, -0.25) is 4.90 Å². The second-order valence-electron chi connectivity index (χ2n) is 12.6. The fourth-order valence-electron chi connectivity index (χ4n) is 6.01. The van der Waals surface area contributed by atoms with E-state index in [4.69, 9.17) is 4.98 Å². The Bertz CT molecular complexity index is 1690. The highest BCUT2D eigenvalue weighted by molar-refractivity contribution is 5.78.